The van der Waals surface area contributed by atoms with Crippen LogP contribution in [-0.4, -0.2) is 21.3 Å². The Bertz CT molecular complexity index is 244. The van der Waals surface area contributed by atoms with Crippen molar-refractivity contribution in [3.05, 3.63) is 5.28 Å². The first-order valence-corrected chi connectivity index (χ1v) is 11.0. The molecule has 0 radical (unpaired) electrons. The van der Waals surface area contributed by atoms with Crippen LogP contribution in [0.1, 0.15) is 27.7 Å². The van der Waals surface area contributed by atoms with Gasteiger partial charge >= 0.3 is 18.9 Å². The largest absolute Gasteiger partial charge is 1.00 e. The quantitative estimate of drug-likeness (QED) is 0.398. The monoisotopic (exact) mass is 272 g/mol. The van der Waals surface area contributed by atoms with Gasteiger partial charge in [0.1, 0.15) is 0 Å². The van der Waals surface area contributed by atoms with Crippen LogP contribution in [0.5, 0.6) is 0 Å². The molecule has 0 aromatic heterocycles. The van der Waals surface area contributed by atoms with Crippen LogP contribution in [0.3, 0.4) is 0 Å². The standard InChI is InChI=1S/C11H26O3PSi.Li/c1-8-13-15(12,14-9-2)11(10(3)4)16(5,6)7;/h10H,8-9H2,1-7H3;/q-1;+1. The number of hydrogen-bond acceptors (Lipinski definition) is 3. The smallest absolute Gasteiger partial charge is 0.331 e. The Morgan fingerprint density at radius 2 is 1.47 bits per heavy atom. The molecule has 0 amide bonds. The van der Waals surface area contributed by atoms with E-state index in [9.17, 15) is 4.57 Å². The van der Waals surface area contributed by atoms with Crippen molar-refractivity contribution in [3.8, 4) is 0 Å². The van der Waals surface area contributed by atoms with Crippen LogP contribution >= 0.6 is 7.60 Å². The molecule has 0 aliphatic rings. The summed E-state index contributed by atoms with van der Waals surface area (Å²) in [7, 11) is -4.68. The summed E-state index contributed by atoms with van der Waals surface area (Å²) in [6, 6.07) is 0. The molecule has 0 aromatic carbocycles. The van der Waals surface area contributed by atoms with Crippen LogP contribution in [0.15, 0.2) is 0 Å². The van der Waals surface area contributed by atoms with E-state index in [-0.39, 0.29) is 24.8 Å². The number of rotatable bonds is 7. The van der Waals surface area contributed by atoms with E-state index in [1.807, 2.05) is 13.8 Å². The van der Waals surface area contributed by atoms with Crippen molar-refractivity contribution in [2.45, 2.75) is 47.3 Å². The van der Waals surface area contributed by atoms with Crippen LogP contribution in [0, 0.1) is 11.2 Å². The molecule has 17 heavy (non-hydrogen) atoms. The third kappa shape index (κ3) is 6.10. The minimum absolute atomic E-state index is 0. The van der Waals surface area contributed by atoms with Crippen molar-refractivity contribution in [1.82, 2.24) is 0 Å². The van der Waals surface area contributed by atoms with Gasteiger partial charge in [-0.25, -0.2) is 0 Å². The number of hydrogen-bond donors (Lipinski definition) is 0. The van der Waals surface area contributed by atoms with E-state index in [1.54, 1.807) is 0 Å². The molecular formula is C11H26LiO3PSi. The summed E-state index contributed by atoms with van der Waals surface area (Å²) in [5.74, 6) is 0.246. The molecule has 0 N–H and O–H groups in total. The van der Waals surface area contributed by atoms with Crippen molar-refractivity contribution in [1.29, 1.82) is 0 Å². The normalized spacial score (nSPS) is 13.0. The zero-order valence-electron chi connectivity index (χ0n) is 12.7. The van der Waals surface area contributed by atoms with Gasteiger partial charge in [-0.2, -0.15) is 11.2 Å². The third-order valence-corrected chi connectivity index (χ3v) is 9.46. The Morgan fingerprint density at radius 1 is 1.12 bits per heavy atom. The van der Waals surface area contributed by atoms with E-state index in [0.717, 1.165) is 5.28 Å². The maximum Gasteiger partial charge on any atom is 1.00 e. The average Bonchev–Trinajstić information content (AvgIpc) is 1.99. The molecule has 0 aromatic rings. The van der Waals surface area contributed by atoms with Gasteiger partial charge in [0.2, 0.25) is 0 Å². The molecule has 0 saturated carbocycles. The minimum Gasteiger partial charge on any atom is -0.331 e. The maximum absolute atomic E-state index is 12.8. The van der Waals surface area contributed by atoms with Crippen molar-refractivity contribution >= 4 is 15.7 Å². The third-order valence-electron chi connectivity index (χ3n) is 2.21. The molecule has 0 saturated heterocycles. The van der Waals surface area contributed by atoms with Crippen LogP contribution in [0.25, 0.3) is 0 Å². The molecule has 0 unspecified atom stereocenters. The van der Waals surface area contributed by atoms with Crippen molar-refractivity contribution in [3.63, 3.8) is 0 Å². The summed E-state index contributed by atoms with van der Waals surface area (Å²) in [6.07, 6.45) is 0. The van der Waals surface area contributed by atoms with Gasteiger partial charge < -0.3 is 9.05 Å². The van der Waals surface area contributed by atoms with E-state index < -0.39 is 15.7 Å². The molecule has 0 spiro atoms. The first kappa shape index (κ1) is 20.3. The average molecular weight is 272 g/mol. The summed E-state index contributed by atoms with van der Waals surface area (Å²) in [5, 5.41) is 1.02. The Morgan fingerprint density at radius 3 is 1.65 bits per heavy atom. The second-order valence-electron chi connectivity index (χ2n) is 5.12. The zero-order valence-corrected chi connectivity index (χ0v) is 14.6. The molecule has 6 heteroatoms. The Labute approximate surface area is 120 Å². The second kappa shape index (κ2) is 8.20. The Kier molecular flexibility index (Phi) is 9.78. The predicted molar refractivity (Wildman–Crippen MR) is 72.3 cm³/mol. The minimum atomic E-state index is -3.03. The Hall–Kier alpha value is 0.964. The molecule has 3 nitrogen and oxygen atoms in total. The molecular weight excluding hydrogens is 246 g/mol. The fourth-order valence-corrected chi connectivity index (χ4v) is 9.18. The SMILES string of the molecule is CCOP(=O)(OCC)[C-](C(C)C)[Si](C)(C)C.[Li+]. The van der Waals surface area contributed by atoms with Crippen LogP contribution in [-0.2, 0) is 13.6 Å². The van der Waals surface area contributed by atoms with E-state index in [0.29, 0.717) is 13.2 Å². The molecule has 0 aliphatic carbocycles. The van der Waals surface area contributed by atoms with Gasteiger partial charge in [0.25, 0.3) is 0 Å². The van der Waals surface area contributed by atoms with E-state index in [2.05, 4.69) is 33.5 Å². The summed E-state index contributed by atoms with van der Waals surface area (Å²) >= 11 is 0. The van der Waals surface area contributed by atoms with E-state index in [1.165, 1.54) is 0 Å². The summed E-state index contributed by atoms with van der Waals surface area (Å²) < 4.78 is 23.7. The van der Waals surface area contributed by atoms with Crippen molar-refractivity contribution in [2.24, 2.45) is 5.92 Å². The molecule has 98 valence electrons. The molecule has 0 aliphatic heterocycles. The van der Waals surface area contributed by atoms with Crippen LogP contribution in [0.4, 0.5) is 0 Å². The van der Waals surface area contributed by atoms with E-state index in [4.69, 9.17) is 9.05 Å². The molecule has 0 heterocycles. The molecule has 0 bridgehead atoms. The van der Waals surface area contributed by atoms with E-state index >= 15 is 0 Å². The van der Waals surface area contributed by atoms with Gasteiger partial charge in [-0.1, -0.05) is 41.6 Å². The first-order valence-electron chi connectivity index (χ1n) is 5.96. The maximum atomic E-state index is 12.8. The topological polar surface area (TPSA) is 35.5 Å². The second-order valence-corrected chi connectivity index (χ2v) is 12.6. The van der Waals surface area contributed by atoms with Gasteiger partial charge in [-0.05, 0) is 13.8 Å². The Balaban J connectivity index is 0. The zero-order chi connectivity index (χ0) is 13.0. The summed E-state index contributed by atoms with van der Waals surface area (Å²) in [5.41, 5.74) is 0. The first-order chi connectivity index (χ1) is 7.19. The van der Waals surface area contributed by atoms with Gasteiger partial charge in [0.05, 0.1) is 13.2 Å². The van der Waals surface area contributed by atoms with Gasteiger partial charge in [-0.15, -0.1) is 0 Å². The summed E-state index contributed by atoms with van der Waals surface area (Å²) in [4.78, 5) is 0. The van der Waals surface area contributed by atoms with Crippen LogP contribution in [0.2, 0.25) is 19.6 Å². The van der Waals surface area contributed by atoms with Crippen molar-refractivity contribution < 1.29 is 32.5 Å². The van der Waals surface area contributed by atoms with Gasteiger partial charge in [0.15, 0.2) is 7.60 Å². The van der Waals surface area contributed by atoms with Gasteiger partial charge in [-0.3, -0.25) is 4.57 Å². The summed E-state index contributed by atoms with van der Waals surface area (Å²) in [6.45, 7) is 15.3. The fourth-order valence-electron chi connectivity index (χ4n) is 2.11. The molecule has 0 rings (SSSR count). The fraction of sp³-hybridized carbons (Fsp3) is 0.909. The predicted octanol–water partition coefficient (Wildman–Crippen LogP) is 1.32. The van der Waals surface area contributed by atoms with Crippen molar-refractivity contribution in [2.75, 3.05) is 13.2 Å². The molecule has 0 fully saturated rings. The molecule has 0 atom stereocenters. The van der Waals surface area contributed by atoms with Crippen LogP contribution < -0.4 is 18.9 Å². The van der Waals surface area contributed by atoms with Gasteiger partial charge in [0, 0.05) is 0 Å².